The number of carbonyl (C=O) groups is 2. The molecule has 0 aromatic heterocycles. The van der Waals surface area contributed by atoms with Gasteiger partial charge >= 0.3 is 0 Å². The van der Waals surface area contributed by atoms with Crippen LogP contribution in [0.4, 0.5) is 5.69 Å². The van der Waals surface area contributed by atoms with Crippen molar-refractivity contribution in [3.05, 3.63) is 90.5 Å². The monoisotopic (exact) mass is 561 g/mol. The van der Waals surface area contributed by atoms with Gasteiger partial charge in [-0.3, -0.25) is 9.59 Å². The van der Waals surface area contributed by atoms with Crippen molar-refractivity contribution in [2.45, 2.75) is 55.6 Å². The van der Waals surface area contributed by atoms with Crippen molar-refractivity contribution < 1.29 is 22.7 Å². The van der Waals surface area contributed by atoms with Gasteiger partial charge in [-0.25, -0.2) is 8.42 Å². The van der Waals surface area contributed by atoms with Crippen LogP contribution in [0.5, 0.6) is 5.75 Å². The van der Waals surface area contributed by atoms with E-state index in [2.05, 4.69) is 5.32 Å². The molecule has 2 amide bonds. The molecule has 5 rings (SSSR count). The van der Waals surface area contributed by atoms with E-state index in [1.54, 1.807) is 54.6 Å². The van der Waals surface area contributed by atoms with Crippen molar-refractivity contribution >= 4 is 27.5 Å². The summed E-state index contributed by atoms with van der Waals surface area (Å²) < 4.78 is 34.9. The average molecular weight is 562 g/mol. The maximum absolute atomic E-state index is 13.9. The molecule has 8 nitrogen and oxygen atoms in total. The predicted molar refractivity (Wildman–Crippen MR) is 154 cm³/mol. The Morgan fingerprint density at radius 2 is 1.52 bits per heavy atom. The van der Waals surface area contributed by atoms with Crippen molar-refractivity contribution in [2.75, 3.05) is 24.5 Å². The number of hydrogen-bond donors (Lipinski definition) is 1. The van der Waals surface area contributed by atoms with Gasteiger partial charge in [-0.1, -0.05) is 79.9 Å². The van der Waals surface area contributed by atoms with Gasteiger partial charge in [0.1, 0.15) is 5.75 Å². The quantitative estimate of drug-likeness (QED) is 0.423. The first-order valence-electron chi connectivity index (χ1n) is 13.9. The number of hydrogen-bond acceptors (Lipinski definition) is 5. The molecule has 0 saturated heterocycles. The molecule has 0 radical (unpaired) electrons. The maximum Gasteiger partial charge on any atom is 0.262 e. The second-order valence-corrected chi connectivity index (χ2v) is 12.2. The SMILES string of the molecule is O=C(NCCc1ccccc1)[C@@H]1CN(C(=O)CN(C2CCCCC2)S(=O)(=O)c2ccccc2)c2ccccc2O1. The molecule has 40 heavy (non-hydrogen) atoms. The third kappa shape index (κ3) is 6.37. The highest BCUT2D eigenvalue weighted by Gasteiger charge is 2.38. The van der Waals surface area contributed by atoms with Crippen LogP contribution in [0.1, 0.15) is 37.7 Å². The number of para-hydroxylation sites is 2. The second-order valence-electron chi connectivity index (χ2n) is 10.3. The first-order valence-corrected chi connectivity index (χ1v) is 15.3. The van der Waals surface area contributed by atoms with Crippen LogP contribution >= 0.6 is 0 Å². The first-order chi connectivity index (χ1) is 19.4. The second kappa shape index (κ2) is 12.7. The molecule has 1 aliphatic heterocycles. The van der Waals surface area contributed by atoms with Crippen molar-refractivity contribution in [3.63, 3.8) is 0 Å². The molecule has 3 aromatic rings. The number of nitrogens with zero attached hydrogens (tertiary/aromatic N) is 2. The number of amides is 2. The number of rotatable bonds is 9. The maximum atomic E-state index is 13.9. The zero-order valence-electron chi connectivity index (χ0n) is 22.4. The molecule has 0 unspecified atom stereocenters. The first kappa shape index (κ1) is 27.9. The minimum absolute atomic E-state index is 0.00307. The number of anilines is 1. The van der Waals surface area contributed by atoms with E-state index in [4.69, 9.17) is 4.74 Å². The average Bonchev–Trinajstić information content (AvgIpc) is 3.00. The summed E-state index contributed by atoms with van der Waals surface area (Å²) >= 11 is 0. The molecule has 1 heterocycles. The third-order valence-corrected chi connectivity index (χ3v) is 9.46. The summed E-state index contributed by atoms with van der Waals surface area (Å²) in [5.41, 5.74) is 1.64. The van der Waals surface area contributed by atoms with E-state index in [-0.39, 0.29) is 35.8 Å². The van der Waals surface area contributed by atoms with Crippen LogP contribution in [0.3, 0.4) is 0 Å². The summed E-state index contributed by atoms with van der Waals surface area (Å²) in [5, 5.41) is 2.92. The van der Waals surface area contributed by atoms with Gasteiger partial charge in [-0.15, -0.1) is 0 Å². The Morgan fingerprint density at radius 1 is 0.875 bits per heavy atom. The van der Waals surface area contributed by atoms with Crippen LogP contribution < -0.4 is 15.0 Å². The highest BCUT2D eigenvalue weighted by atomic mass is 32.2. The Balaban J connectivity index is 1.35. The molecule has 0 bridgehead atoms. The number of fused-ring (bicyclic) bond motifs is 1. The highest BCUT2D eigenvalue weighted by molar-refractivity contribution is 7.89. The lowest BCUT2D eigenvalue weighted by molar-refractivity contribution is -0.128. The minimum Gasteiger partial charge on any atom is -0.477 e. The van der Waals surface area contributed by atoms with Crippen LogP contribution in [0.25, 0.3) is 0 Å². The molecule has 9 heteroatoms. The van der Waals surface area contributed by atoms with E-state index in [9.17, 15) is 18.0 Å². The molecule has 0 spiro atoms. The molecular formula is C31H35N3O5S. The summed E-state index contributed by atoms with van der Waals surface area (Å²) in [5.74, 6) is -0.285. The molecule has 210 valence electrons. The van der Waals surface area contributed by atoms with Gasteiger partial charge in [0.15, 0.2) is 6.10 Å². The lowest BCUT2D eigenvalue weighted by Gasteiger charge is -2.37. The highest BCUT2D eigenvalue weighted by Crippen LogP contribution is 2.34. The molecule has 1 fully saturated rings. The molecule has 3 aromatic carbocycles. The van der Waals surface area contributed by atoms with Crippen LogP contribution in [-0.4, -0.2) is 56.3 Å². The fourth-order valence-electron chi connectivity index (χ4n) is 5.42. The van der Waals surface area contributed by atoms with Gasteiger partial charge in [0.05, 0.1) is 23.7 Å². The summed E-state index contributed by atoms with van der Waals surface area (Å²) in [6, 6.07) is 24.9. The van der Waals surface area contributed by atoms with Crippen LogP contribution in [0.2, 0.25) is 0 Å². The Hall–Kier alpha value is -3.69. The summed E-state index contributed by atoms with van der Waals surface area (Å²) in [7, 11) is -3.90. The van der Waals surface area contributed by atoms with Crippen LogP contribution in [-0.2, 0) is 26.0 Å². The van der Waals surface area contributed by atoms with E-state index in [0.29, 0.717) is 37.2 Å². The van der Waals surface area contributed by atoms with Crippen LogP contribution in [0, 0.1) is 0 Å². The van der Waals surface area contributed by atoms with E-state index in [1.165, 1.54) is 9.21 Å². The smallest absolute Gasteiger partial charge is 0.262 e. The predicted octanol–water partition coefficient (Wildman–Crippen LogP) is 4.16. The van der Waals surface area contributed by atoms with E-state index >= 15 is 0 Å². The topological polar surface area (TPSA) is 96.0 Å². The zero-order valence-corrected chi connectivity index (χ0v) is 23.3. The Labute approximate surface area is 236 Å². The Kier molecular flexibility index (Phi) is 8.81. The third-order valence-electron chi connectivity index (χ3n) is 7.55. The van der Waals surface area contributed by atoms with Gasteiger partial charge in [-0.05, 0) is 49.1 Å². The van der Waals surface area contributed by atoms with Crippen molar-refractivity contribution in [3.8, 4) is 5.75 Å². The summed E-state index contributed by atoms with van der Waals surface area (Å²) in [4.78, 5) is 28.7. The molecule has 1 atom stereocenters. The number of nitrogens with one attached hydrogen (secondary N) is 1. The largest absolute Gasteiger partial charge is 0.477 e. The molecule has 2 aliphatic rings. The zero-order chi connectivity index (χ0) is 28.0. The molecule has 1 aliphatic carbocycles. The lowest BCUT2D eigenvalue weighted by Crippen LogP contribution is -2.54. The Morgan fingerprint density at radius 3 is 2.25 bits per heavy atom. The summed E-state index contributed by atoms with van der Waals surface area (Å²) in [6.07, 6.45) is 4.09. The van der Waals surface area contributed by atoms with Gasteiger partial charge in [0.25, 0.3) is 5.91 Å². The lowest BCUT2D eigenvalue weighted by atomic mass is 9.95. The van der Waals surface area contributed by atoms with E-state index in [0.717, 1.165) is 24.8 Å². The van der Waals surface area contributed by atoms with Gasteiger partial charge in [-0.2, -0.15) is 4.31 Å². The number of carbonyl (C=O) groups excluding carboxylic acids is 2. The molecule has 1 saturated carbocycles. The van der Waals surface area contributed by atoms with Crippen molar-refractivity contribution in [1.29, 1.82) is 0 Å². The van der Waals surface area contributed by atoms with Crippen molar-refractivity contribution in [2.24, 2.45) is 0 Å². The fourth-order valence-corrected chi connectivity index (χ4v) is 7.08. The fraction of sp³-hybridized carbons (Fsp3) is 0.355. The summed E-state index contributed by atoms with van der Waals surface area (Å²) in [6.45, 7) is 0.124. The number of ether oxygens (including phenoxy) is 1. The Bertz CT molecular complexity index is 1410. The van der Waals surface area contributed by atoms with E-state index in [1.807, 2.05) is 30.3 Å². The minimum atomic E-state index is -3.90. The number of benzene rings is 3. The van der Waals surface area contributed by atoms with Gasteiger partial charge < -0.3 is 15.0 Å². The van der Waals surface area contributed by atoms with Gasteiger partial charge in [0, 0.05) is 12.6 Å². The van der Waals surface area contributed by atoms with Gasteiger partial charge in [0.2, 0.25) is 15.9 Å². The normalized spacial score (nSPS) is 17.6. The molecular weight excluding hydrogens is 526 g/mol. The standard InChI is InChI=1S/C31H35N3O5S/c35-30(23-34(25-14-6-2-7-15-25)40(37,38)26-16-8-3-9-17-26)33-22-29(39-28-19-11-10-18-27(28)33)31(36)32-21-20-24-12-4-1-5-13-24/h1,3-5,8-13,16-19,25,29H,2,6-7,14-15,20-23H2,(H,32,36)/t29-/m0/s1. The van der Waals surface area contributed by atoms with Crippen LogP contribution in [0.15, 0.2) is 89.8 Å². The van der Waals surface area contributed by atoms with Crippen molar-refractivity contribution in [1.82, 2.24) is 9.62 Å². The number of sulfonamides is 1. The molecule has 1 N–H and O–H groups in total. The van der Waals surface area contributed by atoms with E-state index < -0.39 is 16.1 Å².